The van der Waals surface area contributed by atoms with Crippen molar-refractivity contribution >= 4 is 11.6 Å². The van der Waals surface area contributed by atoms with Crippen LogP contribution in [0.3, 0.4) is 0 Å². The Hall–Kier alpha value is -2.70. The van der Waals surface area contributed by atoms with Crippen LogP contribution in [0.2, 0.25) is 0 Å². The lowest BCUT2D eigenvalue weighted by Gasteiger charge is -2.26. The number of carbonyl (C=O) groups is 1. The third-order valence-electron chi connectivity index (χ3n) is 3.77. The Labute approximate surface area is 136 Å². The highest BCUT2D eigenvalue weighted by Crippen LogP contribution is 2.31. The van der Waals surface area contributed by atoms with Crippen molar-refractivity contribution in [1.29, 1.82) is 0 Å². The fourth-order valence-electron chi connectivity index (χ4n) is 2.58. The maximum atomic E-state index is 13.5. The van der Waals surface area contributed by atoms with Gasteiger partial charge in [-0.05, 0) is 18.2 Å². The van der Waals surface area contributed by atoms with E-state index in [9.17, 15) is 18.0 Å². The first-order valence-electron chi connectivity index (χ1n) is 7.44. The molecule has 1 aliphatic heterocycles. The summed E-state index contributed by atoms with van der Waals surface area (Å²) in [5.41, 5.74) is 0.604. The van der Waals surface area contributed by atoms with Gasteiger partial charge in [-0.15, -0.1) is 0 Å². The van der Waals surface area contributed by atoms with E-state index in [1.54, 1.807) is 0 Å². The summed E-state index contributed by atoms with van der Waals surface area (Å²) in [6.45, 7) is 0.217. The van der Waals surface area contributed by atoms with Gasteiger partial charge < -0.3 is 15.4 Å². The number of nitrogens with one attached hydrogen (secondary N) is 2. The van der Waals surface area contributed by atoms with E-state index >= 15 is 0 Å². The molecule has 2 aromatic carbocycles. The van der Waals surface area contributed by atoms with E-state index < -0.39 is 17.5 Å². The first-order valence-corrected chi connectivity index (χ1v) is 7.44. The Morgan fingerprint density at radius 2 is 1.92 bits per heavy atom. The van der Waals surface area contributed by atoms with Crippen LogP contribution in [0.4, 0.5) is 18.9 Å². The predicted molar refractivity (Wildman–Crippen MR) is 82.2 cm³/mol. The highest BCUT2D eigenvalue weighted by atomic mass is 19.2. The molecule has 2 aromatic rings. The monoisotopic (exact) mass is 336 g/mol. The zero-order valence-electron chi connectivity index (χ0n) is 12.6. The molecule has 1 atom stereocenters. The van der Waals surface area contributed by atoms with Crippen molar-refractivity contribution in [3.8, 4) is 5.75 Å². The van der Waals surface area contributed by atoms with Crippen molar-refractivity contribution in [3.63, 3.8) is 0 Å². The summed E-state index contributed by atoms with van der Waals surface area (Å²) in [6, 6.07) is 9.01. The van der Waals surface area contributed by atoms with Crippen molar-refractivity contribution in [1.82, 2.24) is 5.32 Å². The van der Waals surface area contributed by atoms with Crippen molar-refractivity contribution in [2.45, 2.75) is 12.5 Å². The summed E-state index contributed by atoms with van der Waals surface area (Å²) in [4.78, 5) is 12.1. The van der Waals surface area contributed by atoms with Crippen LogP contribution in [0.1, 0.15) is 18.0 Å². The van der Waals surface area contributed by atoms with Crippen LogP contribution in [0.15, 0.2) is 36.4 Å². The van der Waals surface area contributed by atoms with Gasteiger partial charge in [-0.1, -0.05) is 18.2 Å². The van der Waals surface area contributed by atoms with Crippen molar-refractivity contribution < 1.29 is 22.7 Å². The van der Waals surface area contributed by atoms with Crippen LogP contribution < -0.4 is 15.4 Å². The van der Waals surface area contributed by atoms with Gasteiger partial charge in [0, 0.05) is 12.0 Å². The number of ether oxygens (including phenoxy) is 1. The van der Waals surface area contributed by atoms with E-state index in [2.05, 4.69) is 10.6 Å². The lowest BCUT2D eigenvalue weighted by atomic mass is 10.0. The second kappa shape index (κ2) is 6.82. The Morgan fingerprint density at radius 3 is 2.75 bits per heavy atom. The molecule has 24 heavy (non-hydrogen) atoms. The van der Waals surface area contributed by atoms with Crippen LogP contribution >= 0.6 is 0 Å². The van der Waals surface area contributed by atoms with Gasteiger partial charge in [0.1, 0.15) is 5.75 Å². The molecule has 0 saturated heterocycles. The molecule has 0 saturated carbocycles. The second-order valence-corrected chi connectivity index (χ2v) is 5.37. The molecule has 1 amide bonds. The van der Waals surface area contributed by atoms with Crippen LogP contribution in [0, 0.1) is 17.5 Å². The Morgan fingerprint density at radius 1 is 1.12 bits per heavy atom. The SMILES string of the molecule is O=C(CNc1ccc(F)c(F)c1F)NC1CCOc2ccccc21. The molecular weight excluding hydrogens is 321 g/mol. The number of hydrogen-bond donors (Lipinski definition) is 2. The van der Waals surface area contributed by atoms with Crippen LogP contribution in [0.25, 0.3) is 0 Å². The molecule has 4 nitrogen and oxygen atoms in total. The molecular formula is C17H15F3N2O2. The van der Waals surface area contributed by atoms with Crippen molar-refractivity contribution in [3.05, 3.63) is 59.4 Å². The summed E-state index contributed by atoms with van der Waals surface area (Å²) in [5.74, 6) is -3.87. The van der Waals surface area contributed by atoms with E-state index in [0.29, 0.717) is 18.8 Å². The maximum Gasteiger partial charge on any atom is 0.239 e. The van der Waals surface area contributed by atoms with E-state index in [4.69, 9.17) is 4.74 Å². The normalized spacial score (nSPS) is 16.0. The molecule has 2 N–H and O–H groups in total. The van der Waals surface area contributed by atoms with E-state index in [-0.39, 0.29) is 24.2 Å². The molecule has 0 radical (unpaired) electrons. The van der Waals surface area contributed by atoms with Gasteiger partial charge in [-0.25, -0.2) is 13.2 Å². The Balaban J connectivity index is 1.62. The fraction of sp³-hybridized carbons (Fsp3) is 0.235. The molecule has 0 fully saturated rings. The number of hydrogen-bond acceptors (Lipinski definition) is 3. The molecule has 0 aliphatic carbocycles. The number of anilines is 1. The fourth-order valence-corrected chi connectivity index (χ4v) is 2.58. The number of amides is 1. The number of rotatable bonds is 4. The van der Waals surface area contributed by atoms with Gasteiger partial charge >= 0.3 is 0 Å². The molecule has 126 valence electrons. The van der Waals surface area contributed by atoms with Gasteiger partial charge in [-0.3, -0.25) is 4.79 Å². The summed E-state index contributed by atoms with van der Waals surface area (Å²) >= 11 is 0. The van der Waals surface area contributed by atoms with Gasteiger partial charge in [0.15, 0.2) is 17.5 Å². The zero-order valence-corrected chi connectivity index (χ0v) is 12.6. The minimum Gasteiger partial charge on any atom is -0.493 e. The van der Waals surface area contributed by atoms with E-state index in [0.717, 1.165) is 17.7 Å². The van der Waals surface area contributed by atoms with Gasteiger partial charge in [-0.2, -0.15) is 0 Å². The first kappa shape index (κ1) is 16.2. The van der Waals surface area contributed by atoms with Crippen LogP contribution in [0.5, 0.6) is 5.75 Å². The highest BCUT2D eigenvalue weighted by Gasteiger charge is 2.22. The average Bonchev–Trinajstić information content (AvgIpc) is 2.59. The number of benzene rings is 2. The Bertz CT molecular complexity index is 767. The molecule has 1 unspecified atom stereocenters. The molecule has 0 spiro atoms. The first-order chi connectivity index (χ1) is 11.6. The zero-order chi connectivity index (χ0) is 17.1. The molecule has 3 rings (SSSR count). The van der Waals surface area contributed by atoms with Gasteiger partial charge in [0.25, 0.3) is 0 Å². The van der Waals surface area contributed by atoms with Gasteiger partial charge in [0.2, 0.25) is 5.91 Å². The third kappa shape index (κ3) is 3.29. The quantitative estimate of drug-likeness (QED) is 0.844. The number of para-hydroxylation sites is 1. The van der Waals surface area contributed by atoms with Crippen molar-refractivity contribution in [2.75, 3.05) is 18.5 Å². The lowest BCUT2D eigenvalue weighted by Crippen LogP contribution is -2.35. The third-order valence-corrected chi connectivity index (χ3v) is 3.77. The number of carbonyl (C=O) groups excluding carboxylic acids is 1. The minimum atomic E-state index is -1.57. The molecule has 1 aliphatic rings. The van der Waals surface area contributed by atoms with Crippen LogP contribution in [-0.4, -0.2) is 19.1 Å². The largest absolute Gasteiger partial charge is 0.493 e. The molecule has 0 aromatic heterocycles. The molecule has 0 bridgehead atoms. The van der Waals surface area contributed by atoms with Crippen LogP contribution in [-0.2, 0) is 4.79 Å². The standard InChI is InChI=1S/C17H15F3N2O2/c18-11-5-6-13(17(20)16(11)19)21-9-15(23)22-12-7-8-24-14-4-2-1-3-10(12)14/h1-6,12,21H,7-9H2,(H,22,23). The van der Waals surface area contributed by atoms with E-state index in [1.807, 2.05) is 24.3 Å². The number of halogens is 3. The molecule has 7 heteroatoms. The smallest absolute Gasteiger partial charge is 0.239 e. The lowest BCUT2D eigenvalue weighted by molar-refractivity contribution is -0.120. The maximum absolute atomic E-state index is 13.5. The van der Waals surface area contributed by atoms with E-state index in [1.165, 1.54) is 0 Å². The topological polar surface area (TPSA) is 50.4 Å². The van der Waals surface area contributed by atoms with Crippen molar-refractivity contribution in [2.24, 2.45) is 0 Å². The summed E-state index contributed by atoms with van der Waals surface area (Å²) in [7, 11) is 0. The second-order valence-electron chi connectivity index (χ2n) is 5.37. The average molecular weight is 336 g/mol. The molecule has 1 heterocycles. The predicted octanol–water partition coefficient (Wildman–Crippen LogP) is 3.16. The Kier molecular flexibility index (Phi) is 4.59. The van der Waals surface area contributed by atoms with Gasteiger partial charge in [0.05, 0.1) is 24.9 Å². The summed E-state index contributed by atoms with van der Waals surface area (Å²) in [5, 5.41) is 5.29. The highest BCUT2D eigenvalue weighted by molar-refractivity contribution is 5.81. The minimum absolute atomic E-state index is 0.209. The summed E-state index contributed by atoms with van der Waals surface area (Å²) < 4.78 is 45.1. The number of fused-ring (bicyclic) bond motifs is 1. The summed E-state index contributed by atoms with van der Waals surface area (Å²) in [6.07, 6.45) is 0.613.